The molecule has 1 saturated heterocycles. The molecule has 3 aromatic rings. The molecule has 2 aromatic carbocycles. The Labute approximate surface area is 156 Å². The molecular formula is C21H21FN2O3. The zero-order chi connectivity index (χ0) is 18.8. The maximum absolute atomic E-state index is 14.4. The number of pyridine rings is 1. The average Bonchev–Trinajstić information content (AvgIpc) is 3.17. The fourth-order valence-electron chi connectivity index (χ4n) is 3.49. The number of nitrogens with zero attached hydrogens (tertiary/aromatic N) is 2. The van der Waals surface area contributed by atoms with Crippen LogP contribution in [0.4, 0.5) is 4.39 Å². The van der Waals surface area contributed by atoms with Crippen molar-refractivity contribution in [2.75, 3.05) is 26.2 Å². The predicted molar refractivity (Wildman–Crippen MR) is 102 cm³/mol. The van der Waals surface area contributed by atoms with Gasteiger partial charge < -0.3 is 9.84 Å². The first-order chi connectivity index (χ1) is 13.1. The lowest BCUT2D eigenvalue weighted by Crippen LogP contribution is -2.25. The summed E-state index contributed by atoms with van der Waals surface area (Å²) in [5.41, 5.74) is 0.161. The van der Waals surface area contributed by atoms with Crippen LogP contribution in [0.25, 0.3) is 16.5 Å². The van der Waals surface area contributed by atoms with Gasteiger partial charge in [0.15, 0.2) is 11.6 Å². The molecule has 1 aliphatic rings. The zero-order valence-corrected chi connectivity index (χ0v) is 14.9. The van der Waals surface area contributed by atoms with Gasteiger partial charge in [-0.05, 0) is 67.7 Å². The SMILES string of the molecule is O=c1c2ccc(O)cc2ccn1-c1ccc(OCCN2CCCC2)c(F)c1. The molecule has 1 N–H and O–H groups in total. The second-order valence-electron chi connectivity index (χ2n) is 6.77. The summed E-state index contributed by atoms with van der Waals surface area (Å²) >= 11 is 0. The first kappa shape index (κ1) is 17.5. The van der Waals surface area contributed by atoms with Gasteiger partial charge in [0.05, 0.1) is 5.69 Å². The molecule has 0 unspecified atom stereocenters. The number of phenols is 1. The number of hydrogen-bond donors (Lipinski definition) is 1. The van der Waals surface area contributed by atoms with E-state index >= 15 is 0 Å². The van der Waals surface area contributed by atoms with Crippen molar-refractivity contribution in [2.24, 2.45) is 0 Å². The second-order valence-corrected chi connectivity index (χ2v) is 6.77. The Kier molecular flexibility index (Phi) is 4.81. The van der Waals surface area contributed by atoms with Crippen LogP contribution in [0.1, 0.15) is 12.8 Å². The number of phenolic OH excluding ortho intramolecular Hbond substituents is 1. The van der Waals surface area contributed by atoms with Gasteiger partial charge in [0.2, 0.25) is 0 Å². The van der Waals surface area contributed by atoms with Crippen LogP contribution >= 0.6 is 0 Å². The summed E-state index contributed by atoms with van der Waals surface area (Å²) in [6, 6.07) is 10.8. The van der Waals surface area contributed by atoms with Crippen molar-refractivity contribution in [1.29, 1.82) is 0 Å². The van der Waals surface area contributed by atoms with Crippen LogP contribution in [0.2, 0.25) is 0 Å². The van der Waals surface area contributed by atoms with Crippen molar-refractivity contribution in [2.45, 2.75) is 12.8 Å². The first-order valence-corrected chi connectivity index (χ1v) is 9.11. The molecule has 1 aliphatic heterocycles. The zero-order valence-electron chi connectivity index (χ0n) is 14.9. The average molecular weight is 368 g/mol. The molecule has 0 bridgehead atoms. The largest absolute Gasteiger partial charge is 0.508 e. The second kappa shape index (κ2) is 7.40. The van der Waals surface area contributed by atoms with Gasteiger partial charge in [-0.25, -0.2) is 4.39 Å². The van der Waals surface area contributed by atoms with Gasteiger partial charge >= 0.3 is 0 Å². The van der Waals surface area contributed by atoms with E-state index in [4.69, 9.17) is 4.74 Å². The highest BCUT2D eigenvalue weighted by Gasteiger charge is 2.13. The fraction of sp³-hybridized carbons (Fsp3) is 0.286. The summed E-state index contributed by atoms with van der Waals surface area (Å²) in [7, 11) is 0. The fourth-order valence-corrected chi connectivity index (χ4v) is 3.49. The molecule has 1 aromatic heterocycles. The first-order valence-electron chi connectivity index (χ1n) is 9.11. The summed E-state index contributed by atoms with van der Waals surface area (Å²) in [5, 5.41) is 10.6. The highest BCUT2D eigenvalue weighted by Crippen LogP contribution is 2.22. The van der Waals surface area contributed by atoms with E-state index in [2.05, 4.69) is 4.90 Å². The number of rotatable bonds is 5. The molecule has 1 fully saturated rings. The van der Waals surface area contributed by atoms with Crippen LogP contribution in [0, 0.1) is 5.82 Å². The van der Waals surface area contributed by atoms with E-state index in [1.54, 1.807) is 30.5 Å². The number of ether oxygens (including phenoxy) is 1. The Morgan fingerprint density at radius 3 is 2.67 bits per heavy atom. The monoisotopic (exact) mass is 368 g/mol. The van der Waals surface area contributed by atoms with E-state index in [1.807, 2.05) is 0 Å². The minimum absolute atomic E-state index is 0.0983. The minimum Gasteiger partial charge on any atom is -0.508 e. The topological polar surface area (TPSA) is 54.7 Å². The van der Waals surface area contributed by atoms with Crippen LogP contribution < -0.4 is 10.3 Å². The number of aromatic hydroxyl groups is 1. The summed E-state index contributed by atoms with van der Waals surface area (Å²) < 4.78 is 21.4. The number of hydrogen-bond acceptors (Lipinski definition) is 4. The van der Waals surface area contributed by atoms with Gasteiger partial charge in [0, 0.05) is 24.2 Å². The van der Waals surface area contributed by atoms with E-state index in [0.29, 0.717) is 23.1 Å². The maximum Gasteiger partial charge on any atom is 0.262 e. The molecule has 0 spiro atoms. The number of likely N-dealkylation sites (tertiary alicyclic amines) is 1. The van der Waals surface area contributed by atoms with Crippen molar-refractivity contribution in [1.82, 2.24) is 9.47 Å². The van der Waals surface area contributed by atoms with E-state index in [-0.39, 0.29) is 17.1 Å². The standard InChI is InChI=1S/C21H21FN2O3/c22-19-14-16(3-6-20(19)27-12-11-23-8-1-2-9-23)24-10-7-15-13-17(25)4-5-18(15)21(24)26/h3-7,10,13-14,25H,1-2,8-9,11-12H2. The summed E-state index contributed by atoms with van der Waals surface area (Å²) in [6.45, 7) is 3.38. The minimum atomic E-state index is -0.494. The van der Waals surface area contributed by atoms with Crippen LogP contribution in [0.5, 0.6) is 11.5 Å². The number of aromatic nitrogens is 1. The van der Waals surface area contributed by atoms with Crippen molar-refractivity contribution in [3.63, 3.8) is 0 Å². The van der Waals surface area contributed by atoms with E-state index in [9.17, 15) is 14.3 Å². The van der Waals surface area contributed by atoms with Crippen molar-refractivity contribution in [3.05, 3.63) is 64.8 Å². The van der Waals surface area contributed by atoms with E-state index in [0.717, 1.165) is 19.6 Å². The lowest BCUT2D eigenvalue weighted by Gasteiger charge is -2.15. The Balaban J connectivity index is 1.55. The molecule has 6 heteroatoms. The van der Waals surface area contributed by atoms with Crippen LogP contribution in [-0.2, 0) is 0 Å². The molecule has 0 aliphatic carbocycles. The molecule has 0 radical (unpaired) electrons. The Bertz CT molecular complexity index is 1030. The Hall–Kier alpha value is -2.86. The number of benzene rings is 2. The molecule has 5 nitrogen and oxygen atoms in total. The van der Waals surface area contributed by atoms with Gasteiger partial charge in [-0.3, -0.25) is 14.3 Å². The summed E-state index contributed by atoms with van der Waals surface area (Å²) in [6.07, 6.45) is 4.00. The third kappa shape index (κ3) is 3.66. The van der Waals surface area contributed by atoms with Crippen molar-refractivity contribution in [3.8, 4) is 17.2 Å². The molecule has 27 heavy (non-hydrogen) atoms. The molecule has 2 heterocycles. The van der Waals surface area contributed by atoms with Crippen molar-refractivity contribution < 1.29 is 14.2 Å². The quantitative estimate of drug-likeness (QED) is 0.751. The summed E-state index contributed by atoms with van der Waals surface area (Å²) in [4.78, 5) is 15.0. The van der Waals surface area contributed by atoms with Crippen LogP contribution in [0.3, 0.4) is 0 Å². The highest BCUT2D eigenvalue weighted by molar-refractivity contribution is 5.83. The number of fused-ring (bicyclic) bond motifs is 1. The van der Waals surface area contributed by atoms with E-state index < -0.39 is 5.82 Å². The molecule has 0 amide bonds. The molecule has 140 valence electrons. The van der Waals surface area contributed by atoms with Gasteiger partial charge in [-0.1, -0.05) is 0 Å². The van der Waals surface area contributed by atoms with Crippen LogP contribution in [0.15, 0.2) is 53.5 Å². The third-order valence-electron chi connectivity index (χ3n) is 4.94. The molecule has 0 atom stereocenters. The molecule has 0 saturated carbocycles. The molecule has 4 rings (SSSR count). The Morgan fingerprint density at radius 2 is 1.89 bits per heavy atom. The van der Waals surface area contributed by atoms with Gasteiger partial charge in [-0.2, -0.15) is 0 Å². The van der Waals surface area contributed by atoms with E-state index in [1.165, 1.54) is 35.6 Å². The third-order valence-corrected chi connectivity index (χ3v) is 4.94. The smallest absolute Gasteiger partial charge is 0.262 e. The Morgan fingerprint density at radius 1 is 1.07 bits per heavy atom. The number of halogens is 1. The lowest BCUT2D eigenvalue weighted by atomic mass is 10.1. The normalized spacial score (nSPS) is 14.7. The molecular weight excluding hydrogens is 347 g/mol. The van der Waals surface area contributed by atoms with Gasteiger partial charge in [-0.15, -0.1) is 0 Å². The summed E-state index contributed by atoms with van der Waals surface area (Å²) in [5.74, 6) is -0.204. The van der Waals surface area contributed by atoms with Crippen LogP contribution in [-0.4, -0.2) is 40.8 Å². The maximum atomic E-state index is 14.4. The lowest BCUT2D eigenvalue weighted by molar-refractivity contribution is 0.231. The van der Waals surface area contributed by atoms with Gasteiger partial charge in [0.1, 0.15) is 12.4 Å². The van der Waals surface area contributed by atoms with Crippen molar-refractivity contribution >= 4 is 10.8 Å². The predicted octanol–water partition coefficient (Wildman–Crippen LogP) is 3.31. The highest BCUT2D eigenvalue weighted by atomic mass is 19.1. The van der Waals surface area contributed by atoms with Gasteiger partial charge in [0.25, 0.3) is 5.56 Å².